The highest BCUT2D eigenvalue weighted by Crippen LogP contribution is 2.48. The number of carbonyl (C=O) groups is 1. The van der Waals surface area contributed by atoms with E-state index in [2.05, 4.69) is 4.98 Å². The van der Waals surface area contributed by atoms with E-state index in [4.69, 9.17) is 0 Å². The Morgan fingerprint density at radius 2 is 1.97 bits per heavy atom. The fourth-order valence-corrected chi connectivity index (χ4v) is 4.04. The summed E-state index contributed by atoms with van der Waals surface area (Å²) in [6.45, 7) is 0.0105. The standard InChI is InChI=1S/C20H18FN3O4S/c1-23(29(2)28)17-13-4-3-9-22-16(13)18(25)15-14(17)19(26)24(20(15)27)10-11-5-7-12(21)8-6-11/h3-9,19,25-26H,10H2,1-2H3. The quantitative estimate of drug-likeness (QED) is 0.683. The molecule has 0 radical (unpaired) electrons. The number of fused-ring (bicyclic) bond motifs is 2. The van der Waals surface area contributed by atoms with Crippen molar-refractivity contribution in [1.82, 2.24) is 9.88 Å². The molecule has 1 aliphatic rings. The van der Waals surface area contributed by atoms with Crippen LogP contribution in [0.15, 0.2) is 42.6 Å². The highest BCUT2D eigenvalue weighted by molar-refractivity contribution is 7.85. The molecule has 4 rings (SSSR count). The van der Waals surface area contributed by atoms with Crippen molar-refractivity contribution in [2.75, 3.05) is 17.6 Å². The summed E-state index contributed by atoms with van der Waals surface area (Å²) < 4.78 is 26.8. The van der Waals surface area contributed by atoms with Crippen LogP contribution >= 0.6 is 0 Å². The van der Waals surface area contributed by atoms with Crippen molar-refractivity contribution >= 4 is 33.5 Å². The van der Waals surface area contributed by atoms with E-state index in [1.807, 2.05) is 0 Å². The number of nitrogens with zero attached hydrogens (tertiary/aromatic N) is 3. The van der Waals surface area contributed by atoms with Crippen LogP contribution in [0.4, 0.5) is 10.1 Å². The molecule has 0 fully saturated rings. The van der Waals surface area contributed by atoms with Crippen molar-refractivity contribution in [3.05, 3.63) is 65.1 Å². The molecular formula is C20H18FN3O4S. The second-order valence-electron chi connectivity index (χ2n) is 6.74. The number of carbonyl (C=O) groups excluding carboxylic acids is 1. The predicted octanol–water partition coefficient (Wildman–Crippen LogP) is 2.46. The molecule has 0 saturated carbocycles. The van der Waals surface area contributed by atoms with Crippen LogP contribution in [0.25, 0.3) is 10.9 Å². The molecule has 1 amide bonds. The van der Waals surface area contributed by atoms with Crippen LogP contribution in [0.1, 0.15) is 27.7 Å². The van der Waals surface area contributed by atoms with Gasteiger partial charge in [0.25, 0.3) is 5.91 Å². The summed E-state index contributed by atoms with van der Waals surface area (Å²) in [5.41, 5.74) is 1.26. The summed E-state index contributed by atoms with van der Waals surface area (Å²) in [4.78, 5) is 18.4. The third-order valence-corrected chi connectivity index (χ3v) is 6.00. The molecule has 1 aromatic heterocycles. The van der Waals surface area contributed by atoms with Gasteiger partial charge in [0.05, 0.1) is 11.3 Å². The van der Waals surface area contributed by atoms with E-state index in [1.54, 1.807) is 19.2 Å². The Bertz CT molecular complexity index is 1150. The van der Waals surface area contributed by atoms with E-state index < -0.39 is 28.9 Å². The molecule has 2 unspecified atom stereocenters. The smallest absolute Gasteiger partial charge is 0.260 e. The third kappa shape index (κ3) is 3.02. The molecule has 2 atom stereocenters. The molecule has 0 saturated heterocycles. The molecular weight excluding hydrogens is 397 g/mol. The Hall–Kier alpha value is -3.04. The SMILES string of the molecule is CN(c1c2c(c(O)c3ncccc13)C(=O)N(Cc1ccc(F)cc1)C2O)S(C)=O. The van der Waals surface area contributed by atoms with Gasteiger partial charge in [0.15, 0.2) is 12.0 Å². The second-order valence-corrected chi connectivity index (χ2v) is 8.14. The van der Waals surface area contributed by atoms with Crippen LogP contribution in [0, 0.1) is 5.82 Å². The number of amides is 1. The summed E-state index contributed by atoms with van der Waals surface area (Å²) in [7, 11) is 0.125. The first-order chi connectivity index (χ1) is 13.8. The second kappa shape index (κ2) is 7.09. The molecule has 2 aromatic carbocycles. The maximum absolute atomic E-state index is 13.2. The zero-order valence-electron chi connectivity index (χ0n) is 15.7. The van der Waals surface area contributed by atoms with Gasteiger partial charge in [-0.2, -0.15) is 0 Å². The maximum Gasteiger partial charge on any atom is 0.260 e. The van der Waals surface area contributed by atoms with Gasteiger partial charge in [-0.05, 0) is 29.8 Å². The van der Waals surface area contributed by atoms with Crippen LogP contribution in [0.5, 0.6) is 5.75 Å². The topological polar surface area (TPSA) is 94.0 Å². The first-order valence-electron chi connectivity index (χ1n) is 8.75. The first-order valence-corrected chi connectivity index (χ1v) is 10.3. The van der Waals surface area contributed by atoms with Gasteiger partial charge in [-0.1, -0.05) is 12.1 Å². The molecule has 0 aliphatic carbocycles. The number of aromatic hydroxyl groups is 1. The number of aliphatic hydroxyl groups is 1. The molecule has 3 aromatic rings. The van der Waals surface area contributed by atoms with Crippen molar-refractivity contribution < 1.29 is 23.6 Å². The number of anilines is 1. The van der Waals surface area contributed by atoms with E-state index >= 15 is 0 Å². The number of pyridine rings is 1. The summed E-state index contributed by atoms with van der Waals surface area (Å²) in [6.07, 6.45) is 1.58. The molecule has 0 spiro atoms. The summed E-state index contributed by atoms with van der Waals surface area (Å²) >= 11 is 0. The number of halogens is 1. The fraction of sp³-hybridized carbons (Fsp3) is 0.200. The monoisotopic (exact) mass is 415 g/mol. The zero-order chi connectivity index (χ0) is 20.9. The number of hydrogen-bond acceptors (Lipinski definition) is 5. The number of phenolic OH excluding ortho intramolecular Hbond substituents is 1. The normalized spacial score (nSPS) is 16.9. The molecule has 7 nitrogen and oxygen atoms in total. The van der Waals surface area contributed by atoms with Crippen LogP contribution in [0.3, 0.4) is 0 Å². The Balaban J connectivity index is 1.91. The van der Waals surface area contributed by atoms with Crippen LogP contribution < -0.4 is 4.31 Å². The van der Waals surface area contributed by atoms with E-state index in [-0.39, 0.29) is 28.9 Å². The molecule has 9 heteroatoms. The maximum atomic E-state index is 13.2. The largest absolute Gasteiger partial charge is 0.505 e. The van der Waals surface area contributed by atoms with Gasteiger partial charge in [0.1, 0.15) is 22.3 Å². The molecule has 2 N–H and O–H groups in total. The van der Waals surface area contributed by atoms with Crippen LogP contribution in [-0.4, -0.2) is 43.5 Å². The predicted molar refractivity (Wildman–Crippen MR) is 107 cm³/mol. The summed E-state index contributed by atoms with van der Waals surface area (Å²) in [5, 5.41) is 22.2. The average molecular weight is 415 g/mol. The molecule has 2 heterocycles. The number of phenols is 1. The highest BCUT2D eigenvalue weighted by atomic mass is 32.2. The van der Waals surface area contributed by atoms with Gasteiger partial charge in [-0.25, -0.2) is 8.60 Å². The lowest BCUT2D eigenvalue weighted by atomic mass is 10.0. The Morgan fingerprint density at radius 3 is 2.62 bits per heavy atom. The zero-order valence-corrected chi connectivity index (χ0v) is 16.5. The average Bonchev–Trinajstić information content (AvgIpc) is 2.95. The Kier molecular flexibility index (Phi) is 4.71. The van der Waals surface area contributed by atoms with Crippen molar-refractivity contribution in [3.63, 3.8) is 0 Å². The summed E-state index contributed by atoms with van der Waals surface area (Å²) in [5.74, 6) is -1.33. The van der Waals surface area contributed by atoms with Gasteiger partial charge >= 0.3 is 0 Å². The van der Waals surface area contributed by atoms with Gasteiger partial charge in [-0.3, -0.25) is 14.1 Å². The highest BCUT2D eigenvalue weighted by Gasteiger charge is 2.42. The van der Waals surface area contributed by atoms with Gasteiger partial charge < -0.3 is 15.1 Å². The number of aromatic nitrogens is 1. The number of benzene rings is 2. The molecule has 1 aliphatic heterocycles. The Morgan fingerprint density at radius 1 is 1.28 bits per heavy atom. The van der Waals surface area contributed by atoms with Crippen LogP contribution in [-0.2, 0) is 17.5 Å². The van der Waals surface area contributed by atoms with Crippen molar-refractivity contribution in [2.45, 2.75) is 12.8 Å². The lowest BCUT2D eigenvalue weighted by Crippen LogP contribution is -2.28. The molecule has 0 bridgehead atoms. The summed E-state index contributed by atoms with van der Waals surface area (Å²) in [6, 6.07) is 8.91. The lowest BCUT2D eigenvalue weighted by Gasteiger charge is -2.25. The minimum absolute atomic E-state index is 0.0105. The van der Waals surface area contributed by atoms with E-state index in [1.165, 1.54) is 45.9 Å². The van der Waals surface area contributed by atoms with Gasteiger partial charge in [0.2, 0.25) is 0 Å². The number of aliphatic hydroxyl groups excluding tert-OH is 1. The molecule has 150 valence electrons. The van der Waals surface area contributed by atoms with Crippen molar-refractivity contribution in [2.24, 2.45) is 0 Å². The minimum Gasteiger partial charge on any atom is -0.505 e. The van der Waals surface area contributed by atoms with Crippen LogP contribution in [0.2, 0.25) is 0 Å². The van der Waals surface area contributed by atoms with Gasteiger partial charge in [0, 0.05) is 37.0 Å². The van der Waals surface area contributed by atoms with Crippen molar-refractivity contribution in [3.8, 4) is 5.75 Å². The first kappa shape index (κ1) is 19.3. The van der Waals surface area contributed by atoms with E-state index in [0.717, 1.165) is 0 Å². The van der Waals surface area contributed by atoms with E-state index in [9.17, 15) is 23.6 Å². The number of rotatable bonds is 4. The lowest BCUT2D eigenvalue weighted by molar-refractivity contribution is 0.0140. The fourth-order valence-electron chi connectivity index (χ4n) is 3.59. The van der Waals surface area contributed by atoms with Gasteiger partial charge in [-0.15, -0.1) is 0 Å². The number of hydrogen-bond donors (Lipinski definition) is 2. The minimum atomic E-state index is -1.45. The third-order valence-electron chi connectivity index (χ3n) is 5.04. The van der Waals surface area contributed by atoms with E-state index in [0.29, 0.717) is 16.6 Å². The molecule has 29 heavy (non-hydrogen) atoms. The Labute approximate surface area is 168 Å². The van der Waals surface area contributed by atoms with Crippen molar-refractivity contribution in [1.29, 1.82) is 0 Å².